The van der Waals surface area contributed by atoms with Crippen LogP contribution in [0.2, 0.25) is 0 Å². The van der Waals surface area contributed by atoms with Crippen LogP contribution in [-0.2, 0) is 10.0 Å². The zero-order chi connectivity index (χ0) is 15.9. The Labute approximate surface area is 126 Å². The molecule has 2 N–H and O–H groups in total. The molecule has 6 nitrogen and oxygen atoms in total. The van der Waals surface area contributed by atoms with Gasteiger partial charge >= 0.3 is 0 Å². The third-order valence-corrected chi connectivity index (χ3v) is 4.51. The van der Waals surface area contributed by atoms with Crippen molar-refractivity contribution in [2.75, 3.05) is 38.3 Å². The van der Waals surface area contributed by atoms with E-state index in [1.54, 1.807) is 26.1 Å². The number of carbonyl (C=O) groups is 1. The number of nitrogens with zero attached hydrogens (tertiary/aromatic N) is 1. The lowest BCUT2D eigenvalue weighted by atomic mass is 10.1. The van der Waals surface area contributed by atoms with Crippen LogP contribution >= 0.6 is 0 Å². The van der Waals surface area contributed by atoms with Gasteiger partial charge in [-0.05, 0) is 18.6 Å². The Morgan fingerprint density at radius 1 is 1.29 bits per heavy atom. The molecule has 0 aliphatic heterocycles. The SMILES string of the molecule is CCN(CCCNC(=O)c1ccccc1NC)S(C)(=O)=O. The van der Waals surface area contributed by atoms with E-state index >= 15 is 0 Å². The molecule has 118 valence electrons. The maximum absolute atomic E-state index is 12.1. The number of hydrogen-bond acceptors (Lipinski definition) is 4. The van der Waals surface area contributed by atoms with E-state index in [0.717, 1.165) is 5.69 Å². The predicted octanol–water partition coefficient (Wildman–Crippen LogP) is 1.13. The van der Waals surface area contributed by atoms with E-state index in [2.05, 4.69) is 10.6 Å². The second-order valence-corrected chi connectivity index (χ2v) is 6.64. The van der Waals surface area contributed by atoms with Crippen molar-refractivity contribution in [3.8, 4) is 0 Å². The van der Waals surface area contributed by atoms with Gasteiger partial charge in [0.05, 0.1) is 11.8 Å². The molecule has 1 aromatic rings. The van der Waals surface area contributed by atoms with Gasteiger partial charge in [-0.25, -0.2) is 12.7 Å². The van der Waals surface area contributed by atoms with E-state index in [0.29, 0.717) is 31.6 Å². The van der Waals surface area contributed by atoms with Gasteiger partial charge in [0.1, 0.15) is 0 Å². The molecule has 0 aromatic heterocycles. The lowest BCUT2D eigenvalue weighted by Crippen LogP contribution is -2.33. The second-order valence-electron chi connectivity index (χ2n) is 4.66. The zero-order valence-electron chi connectivity index (χ0n) is 12.7. The normalized spacial score (nSPS) is 11.4. The summed E-state index contributed by atoms with van der Waals surface area (Å²) in [6.07, 6.45) is 1.77. The molecule has 1 rings (SSSR count). The maximum Gasteiger partial charge on any atom is 0.253 e. The molecule has 0 unspecified atom stereocenters. The predicted molar refractivity (Wildman–Crippen MR) is 85.0 cm³/mol. The van der Waals surface area contributed by atoms with Gasteiger partial charge in [-0.3, -0.25) is 4.79 Å². The van der Waals surface area contributed by atoms with Crippen LogP contribution in [0.15, 0.2) is 24.3 Å². The fourth-order valence-electron chi connectivity index (χ4n) is 2.01. The van der Waals surface area contributed by atoms with Gasteiger partial charge in [0.15, 0.2) is 0 Å². The average Bonchev–Trinajstić information content (AvgIpc) is 2.45. The molecule has 1 amide bonds. The molecular formula is C14H23N3O3S. The van der Waals surface area contributed by atoms with Gasteiger partial charge in [-0.2, -0.15) is 0 Å². The summed E-state index contributed by atoms with van der Waals surface area (Å²) in [4.78, 5) is 12.1. The van der Waals surface area contributed by atoms with Crippen molar-refractivity contribution in [2.24, 2.45) is 0 Å². The smallest absolute Gasteiger partial charge is 0.253 e. The number of carbonyl (C=O) groups excluding carboxylic acids is 1. The summed E-state index contributed by atoms with van der Waals surface area (Å²) in [7, 11) is -1.41. The van der Waals surface area contributed by atoms with Crippen LogP contribution in [0.3, 0.4) is 0 Å². The highest BCUT2D eigenvalue weighted by molar-refractivity contribution is 7.88. The Morgan fingerprint density at radius 3 is 2.52 bits per heavy atom. The first-order valence-electron chi connectivity index (χ1n) is 6.90. The monoisotopic (exact) mass is 313 g/mol. The minimum atomic E-state index is -3.17. The number of amides is 1. The summed E-state index contributed by atoms with van der Waals surface area (Å²) < 4.78 is 24.2. The van der Waals surface area contributed by atoms with E-state index in [1.807, 2.05) is 12.1 Å². The van der Waals surface area contributed by atoms with Crippen LogP contribution in [0.1, 0.15) is 23.7 Å². The number of nitrogens with one attached hydrogen (secondary N) is 2. The van der Waals surface area contributed by atoms with Crippen molar-refractivity contribution < 1.29 is 13.2 Å². The fourth-order valence-corrected chi connectivity index (χ4v) is 2.94. The first-order chi connectivity index (χ1) is 9.90. The number of anilines is 1. The van der Waals surface area contributed by atoms with E-state index in [-0.39, 0.29) is 5.91 Å². The Kier molecular flexibility index (Phi) is 6.64. The second kappa shape index (κ2) is 7.99. The van der Waals surface area contributed by atoms with Crippen molar-refractivity contribution in [2.45, 2.75) is 13.3 Å². The maximum atomic E-state index is 12.1. The molecule has 7 heteroatoms. The van der Waals surface area contributed by atoms with Gasteiger partial charge in [-0.1, -0.05) is 19.1 Å². The van der Waals surface area contributed by atoms with E-state index in [9.17, 15) is 13.2 Å². The number of para-hydroxylation sites is 1. The van der Waals surface area contributed by atoms with Crippen molar-refractivity contribution in [1.82, 2.24) is 9.62 Å². The Balaban J connectivity index is 2.47. The molecule has 0 aliphatic carbocycles. The van der Waals surface area contributed by atoms with E-state index in [4.69, 9.17) is 0 Å². The Morgan fingerprint density at radius 2 is 1.95 bits per heavy atom. The van der Waals surface area contributed by atoms with Crippen molar-refractivity contribution in [3.63, 3.8) is 0 Å². The summed E-state index contributed by atoms with van der Waals surface area (Å²) in [5.41, 5.74) is 1.34. The largest absolute Gasteiger partial charge is 0.387 e. The highest BCUT2D eigenvalue weighted by atomic mass is 32.2. The third-order valence-electron chi connectivity index (χ3n) is 3.13. The van der Waals surface area contributed by atoms with E-state index in [1.165, 1.54) is 10.6 Å². The number of sulfonamides is 1. The van der Waals surface area contributed by atoms with E-state index < -0.39 is 10.0 Å². The number of benzene rings is 1. The van der Waals surface area contributed by atoms with Crippen LogP contribution in [0.4, 0.5) is 5.69 Å². The molecule has 21 heavy (non-hydrogen) atoms. The molecule has 0 atom stereocenters. The van der Waals surface area contributed by atoms with Crippen molar-refractivity contribution in [3.05, 3.63) is 29.8 Å². The molecule has 0 saturated heterocycles. The van der Waals surface area contributed by atoms with Crippen molar-refractivity contribution in [1.29, 1.82) is 0 Å². The van der Waals surface area contributed by atoms with Crippen LogP contribution in [0.5, 0.6) is 0 Å². The molecular weight excluding hydrogens is 290 g/mol. The quantitative estimate of drug-likeness (QED) is 0.705. The Hall–Kier alpha value is -1.60. The molecule has 0 bridgehead atoms. The van der Waals surface area contributed by atoms with Crippen molar-refractivity contribution >= 4 is 21.6 Å². The fraction of sp³-hybridized carbons (Fsp3) is 0.500. The first kappa shape index (κ1) is 17.5. The van der Waals surface area contributed by atoms with Crippen LogP contribution in [-0.4, -0.2) is 51.6 Å². The molecule has 0 fully saturated rings. The number of rotatable bonds is 8. The zero-order valence-corrected chi connectivity index (χ0v) is 13.5. The number of hydrogen-bond donors (Lipinski definition) is 2. The molecule has 0 spiro atoms. The third kappa shape index (κ3) is 5.35. The molecule has 0 heterocycles. The summed E-state index contributed by atoms with van der Waals surface area (Å²) in [5, 5.41) is 5.77. The summed E-state index contributed by atoms with van der Waals surface area (Å²) in [5.74, 6) is -0.164. The highest BCUT2D eigenvalue weighted by Gasteiger charge is 2.14. The topological polar surface area (TPSA) is 78.5 Å². The minimum absolute atomic E-state index is 0.164. The Bertz CT molecular complexity index is 573. The van der Waals surface area contributed by atoms with Crippen LogP contribution < -0.4 is 10.6 Å². The summed E-state index contributed by atoms with van der Waals surface area (Å²) in [6.45, 7) is 3.07. The average molecular weight is 313 g/mol. The summed E-state index contributed by atoms with van der Waals surface area (Å²) in [6, 6.07) is 7.24. The molecule has 0 aliphatic rings. The molecule has 0 saturated carbocycles. The molecule has 0 radical (unpaired) electrons. The molecule has 1 aromatic carbocycles. The summed E-state index contributed by atoms with van der Waals surface area (Å²) >= 11 is 0. The lowest BCUT2D eigenvalue weighted by molar-refractivity contribution is 0.0953. The van der Waals surface area contributed by atoms with Gasteiger partial charge < -0.3 is 10.6 Å². The minimum Gasteiger partial charge on any atom is -0.387 e. The first-order valence-corrected chi connectivity index (χ1v) is 8.75. The van der Waals surface area contributed by atoms with Crippen LogP contribution in [0.25, 0.3) is 0 Å². The standard InChI is InChI=1S/C14H23N3O3S/c1-4-17(21(3,19)20)11-7-10-16-14(18)12-8-5-6-9-13(12)15-2/h5-6,8-9,15H,4,7,10-11H2,1-3H3,(H,16,18). The van der Waals surface area contributed by atoms with Gasteiger partial charge in [-0.15, -0.1) is 0 Å². The van der Waals surface area contributed by atoms with Crippen LogP contribution in [0, 0.1) is 0 Å². The highest BCUT2D eigenvalue weighted by Crippen LogP contribution is 2.13. The van der Waals surface area contributed by atoms with Gasteiger partial charge in [0, 0.05) is 32.4 Å². The lowest BCUT2D eigenvalue weighted by Gasteiger charge is -2.17. The van der Waals surface area contributed by atoms with Gasteiger partial charge in [0.25, 0.3) is 5.91 Å². The van der Waals surface area contributed by atoms with Gasteiger partial charge in [0.2, 0.25) is 10.0 Å².